The van der Waals surface area contributed by atoms with Crippen molar-refractivity contribution >= 4 is 15.9 Å². The van der Waals surface area contributed by atoms with E-state index in [1.165, 1.54) is 0 Å². The molecule has 0 amide bonds. The molecule has 0 aliphatic rings. The number of hydrogen-bond donors (Lipinski definition) is 1. The number of hydrogen-bond acceptors (Lipinski definition) is 3. The lowest BCUT2D eigenvalue weighted by Gasteiger charge is -2.00. The van der Waals surface area contributed by atoms with E-state index >= 15 is 0 Å². The lowest BCUT2D eigenvalue weighted by atomic mass is 10.1. The van der Waals surface area contributed by atoms with Gasteiger partial charge in [-0.05, 0) is 11.6 Å². The number of benzene rings is 1. The van der Waals surface area contributed by atoms with Crippen LogP contribution < -0.4 is 0 Å². The molecule has 1 N–H and O–H groups in total. The summed E-state index contributed by atoms with van der Waals surface area (Å²) in [5, 5.41) is 8.83. The third kappa shape index (κ3) is 2.46. The Morgan fingerprint density at radius 2 is 2.13 bits per heavy atom. The molecule has 78 valence electrons. The highest BCUT2D eigenvalue weighted by Crippen LogP contribution is 2.19. The van der Waals surface area contributed by atoms with Crippen molar-refractivity contribution in [2.75, 3.05) is 0 Å². The highest BCUT2D eigenvalue weighted by atomic mass is 79.9. The molecule has 1 aromatic heterocycles. The number of oxazole rings is 1. The Hall–Kier alpha value is -1.13. The summed E-state index contributed by atoms with van der Waals surface area (Å²) in [6.07, 6.45) is 2.17. The first-order chi connectivity index (χ1) is 7.29. The largest absolute Gasteiger partial charge is 0.443 e. The minimum atomic E-state index is -0.108. The highest BCUT2D eigenvalue weighted by Gasteiger charge is 2.06. The van der Waals surface area contributed by atoms with Crippen LogP contribution in [0.15, 0.2) is 39.4 Å². The molecule has 4 heteroatoms. The predicted octanol–water partition coefficient (Wildman–Crippen LogP) is 2.52. The number of halogens is 1. The van der Waals surface area contributed by atoms with Gasteiger partial charge in [0.25, 0.3) is 0 Å². The second-order valence-electron chi connectivity index (χ2n) is 3.15. The van der Waals surface area contributed by atoms with E-state index in [1.807, 2.05) is 24.3 Å². The fraction of sp³-hybridized carbons (Fsp3) is 0.182. The molecule has 0 saturated heterocycles. The Kier molecular flexibility index (Phi) is 3.18. The van der Waals surface area contributed by atoms with Crippen molar-refractivity contribution in [2.24, 2.45) is 0 Å². The number of nitrogens with zero attached hydrogens (tertiary/aromatic N) is 1. The maximum Gasteiger partial charge on any atom is 0.198 e. The summed E-state index contributed by atoms with van der Waals surface area (Å²) in [6, 6.07) is 7.91. The summed E-state index contributed by atoms with van der Waals surface area (Å²) >= 11 is 3.46. The fourth-order valence-electron chi connectivity index (χ4n) is 1.31. The molecule has 2 aromatic rings. The monoisotopic (exact) mass is 267 g/mol. The van der Waals surface area contributed by atoms with Gasteiger partial charge in [0.1, 0.15) is 12.4 Å². The molecule has 15 heavy (non-hydrogen) atoms. The van der Waals surface area contributed by atoms with Crippen molar-refractivity contribution in [2.45, 2.75) is 13.0 Å². The minimum absolute atomic E-state index is 0.108. The van der Waals surface area contributed by atoms with E-state index in [0.29, 0.717) is 18.1 Å². The van der Waals surface area contributed by atoms with Gasteiger partial charge in [-0.15, -0.1) is 0 Å². The van der Waals surface area contributed by atoms with Crippen LogP contribution in [0.1, 0.15) is 17.2 Å². The Morgan fingerprint density at radius 3 is 2.80 bits per heavy atom. The molecule has 0 aliphatic carbocycles. The van der Waals surface area contributed by atoms with Crippen LogP contribution in [0.3, 0.4) is 0 Å². The lowest BCUT2D eigenvalue weighted by Crippen LogP contribution is -1.88. The van der Waals surface area contributed by atoms with Crippen molar-refractivity contribution in [3.63, 3.8) is 0 Å². The van der Waals surface area contributed by atoms with Gasteiger partial charge in [0.15, 0.2) is 5.89 Å². The van der Waals surface area contributed by atoms with Gasteiger partial charge in [0.05, 0.1) is 12.6 Å². The van der Waals surface area contributed by atoms with Crippen LogP contribution >= 0.6 is 15.9 Å². The Balaban J connectivity index is 2.18. The number of aliphatic hydroxyl groups excluding tert-OH is 1. The van der Waals surface area contributed by atoms with E-state index < -0.39 is 0 Å². The first kappa shape index (κ1) is 10.4. The van der Waals surface area contributed by atoms with Crippen LogP contribution in [0.4, 0.5) is 0 Å². The summed E-state index contributed by atoms with van der Waals surface area (Å²) in [7, 11) is 0. The fourth-order valence-corrected chi connectivity index (χ4v) is 1.73. The molecule has 0 unspecified atom stereocenters. The number of aromatic nitrogens is 1. The third-order valence-corrected chi connectivity index (χ3v) is 2.83. The molecule has 0 aliphatic heterocycles. The van der Waals surface area contributed by atoms with E-state index in [0.717, 1.165) is 10.0 Å². The van der Waals surface area contributed by atoms with Gasteiger partial charge in [0, 0.05) is 4.47 Å². The van der Waals surface area contributed by atoms with Crippen LogP contribution in [0.5, 0.6) is 0 Å². The number of rotatable bonds is 3. The van der Waals surface area contributed by atoms with Gasteiger partial charge in [-0.1, -0.05) is 34.1 Å². The maximum atomic E-state index is 8.83. The molecule has 0 radical (unpaired) electrons. The van der Waals surface area contributed by atoms with Crippen molar-refractivity contribution in [1.82, 2.24) is 4.98 Å². The average Bonchev–Trinajstić information content (AvgIpc) is 2.69. The second-order valence-corrected chi connectivity index (χ2v) is 4.00. The van der Waals surface area contributed by atoms with E-state index in [-0.39, 0.29) is 6.61 Å². The summed E-state index contributed by atoms with van der Waals surface area (Å²) in [4.78, 5) is 4.08. The van der Waals surface area contributed by atoms with E-state index in [1.54, 1.807) is 6.20 Å². The van der Waals surface area contributed by atoms with Crippen molar-refractivity contribution in [3.05, 3.63) is 52.1 Å². The van der Waals surface area contributed by atoms with Gasteiger partial charge in [-0.2, -0.15) is 0 Å². The standard InChI is InChI=1S/C11H10BrNO2/c12-10-4-2-1-3-8(10)5-11-13-6-9(7-14)15-11/h1-4,6,14H,5,7H2. The van der Waals surface area contributed by atoms with Crippen LogP contribution in [0.25, 0.3) is 0 Å². The quantitative estimate of drug-likeness (QED) is 0.930. The normalized spacial score (nSPS) is 10.5. The molecule has 1 heterocycles. The molecule has 1 aromatic carbocycles. The Labute approximate surface area is 95.9 Å². The van der Waals surface area contributed by atoms with Gasteiger partial charge >= 0.3 is 0 Å². The van der Waals surface area contributed by atoms with Crippen LogP contribution in [0.2, 0.25) is 0 Å². The Morgan fingerprint density at radius 1 is 1.33 bits per heavy atom. The SMILES string of the molecule is OCc1cnc(Cc2ccccc2Br)o1. The molecule has 2 rings (SSSR count). The van der Waals surface area contributed by atoms with Crippen LogP contribution in [-0.4, -0.2) is 10.1 Å². The van der Waals surface area contributed by atoms with Gasteiger partial charge in [-0.25, -0.2) is 4.98 Å². The van der Waals surface area contributed by atoms with Gasteiger partial charge in [0.2, 0.25) is 0 Å². The first-order valence-corrected chi connectivity index (χ1v) is 5.36. The van der Waals surface area contributed by atoms with E-state index in [2.05, 4.69) is 20.9 Å². The van der Waals surface area contributed by atoms with Crippen molar-refractivity contribution in [3.8, 4) is 0 Å². The molecular formula is C11H10BrNO2. The molecule has 0 saturated carbocycles. The molecule has 0 bridgehead atoms. The molecule has 0 spiro atoms. The summed E-state index contributed by atoms with van der Waals surface area (Å²) in [5.41, 5.74) is 1.11. The summed E-state index contributed by atoms with van der Waals surface area (Å²) < 4.78 is 6.35. The van der Waals surface area contributed by atoms with Crippen molar-refractivity contribution < 1.29 is 9.52 Å². The minimum Gasteiger partial charge on any atom is -0.443 e. The zero-order valence-corrected chi connectivity index (χ0v) is 9.57. The summed E-state index contributed by atoms with van der Waals surface area (Å²) in [5.74, 6) is 1.11. The van der Waals surface area contributed by atoms with Gasteiger partial charge in [-0.3, -0.25) is 0 Å². The first-order valence-electron chi connectivity index (χ1n) is 4.57. The maximum absolute atomic E-state index is 8.83. The smallest absolute Gasteiger partial charge is 0.198 e. The third-order valence-electron chi connectivity index (χ3n) is 2.06. The topological polar surface area (TPSA) is 46.3 Å². The van der Waals surface area contributed by atoms with Crippen LogP contribution in [0, 0.1) is 0 Å². The van der Waals surface area contributed by atoms with E-state index in [9.17, 15) is 0 Å². The molecule has 0 atom stereocenters. The van der Waals surface area contributed by atoms with Gasteiger partial charge < -0.3 is 9.52 Å². The summed E-state index contributed by atoms with van der Waals surface area (Å²) in [6.45, 7) is -0.108. The zero-order valence-electron chi connectivity index (χ0n) is 7.98. The zero-order chi connectivity index (χ0) is 10.7. The van der Waals surface area contributed by atoms with Crippen LogP contribution in [-0.2, 0) is 13.0 Å². The molecule has 0 fully saturated rings. The van der Waals surface area contributed by atoms with Crippen molar-refractivity contribution in [1.29, 1.82) is 0 Å². The average molecular weight is 268 g/mol. The van der Waals surface area contributed by atoms with E-state index in [4.69, 9.17) is 9.52 Å². The number of aliphatic hydroxyl groups is 1. The Bertz CT molecular complexity index is 453. The lowest BCUT2D eigenvalue weighted by molar-refractivity contribution is 0.244. The molecule has 3 nitrogen and oxygen atoms in total. The predicted molar refractivity (Wildman–Crippen MR) is 59.4 cm³/mol. The highest BCUT2D eigenvalue weighted by molar-refractivity contribution is 9.10. The second kappa shape index (κ2) is 4.59. The molecular weight excluding hydrogens is 258 g/mol.